The number of methoxy groups -OCH3 is 2. The van der Waals surface area contributed by atoms with E-state index >= 15 is 0 Å². The Morgan fingerprint density at radius 2 is 1.82 bits per heavy atom. The van der Waals surface area contributed by atoms with E-state index in [1.807, 2.05) is 0 Å². The zero-order chi connectivity index (χ0) is 13.1. The number of benzene rings is 1. The summed E-state index contributed by atoms with van der Waals surface area (Å²) < 4.78 is 37.0. The third-order valence-electron chi connectivity index (χ3n) is 2.06. The largest absolute Gasteiger partial charge is 0.496 e. The first kappa shape index (κ1) is 14.3. The maximum Gasteiger partial charge on any atom is 0.244 e. The topological polar surface area (TPSA) is 64.6 Å². The predicted octanol–water partition coefficient (Wildman–Crippen LogP) is 1.76. The van der Waals surface area contributed by atoms with Crippen LogP contribution in [0.25, 0.3) is 0 Å². The molecule has 1 N–H and O–H groups in total. The minimum atomic E-state index is -3.58. The Bertz CT molecular complexity index is 501. The Labute approximate surface area is 109 Å². The van der Waals surface area contributed by atoms with E-state index in [4.69, 9.17) is 9.47 Å². The van der Waals surface area contributed by atoms with Gasteiger partial charge in [0.05, 0.1) is 18.7 Å². The summed E-state index contributed by atoms with van der Waals surface area (Å²) in [6.07, 6.45) is 0. The van der Waals surface area contributed by atoms with Crippen molar-refractivity contribution < 1.29 is 17.9 Å². The molecule has 0 amide bonds. The van der Waals surface area contributed by atoms with Crippen LogP contribution in [0.4, 0.5) is 0 Å². The average Bonchev–Trinajstić information content (AvgIpc) is 2.28. The van der Waals surface area contributed by atoms with Crippen LogP contribution in [-0.2, 0) is 10.0 Å². The van der Waals surface area contributed by atoms with Crippen LogP contribution in [0, 0.1) is 0 Å². The fraction of sp³-hybridized carbons (Fsp3) is 0.400. The van der Waals surface area contributed by atoms with Crippen molar-refractivity contribution in [2.45, 2.75) is 11.8 Å². The lowest BCUT2D eigenvalue weighted by Crippen LogP contribution is -2.23. The van der Waals surface area contributed by atoms with Crippen molar-refractivity contribution in [3.8, 4) is 11.5 Å². The van der Waals surface area contributed by atoms with Crippen LogP contribution in [-0.4, -0.2) is 29.2 Å². The van der Waals surface area contributed by atoms with E-state index in [9.17, 15) is 8.42 Å². The summed E-state index contributed by atoms with van der Waals surface area (Å²) in [5, 5.41) is 0. The summed E-state index contributed by atoms with van der Waals surface area (Å²) in [7, 11) is -0.694. The summed E-state index contributed by atoms with van der Waals surface area (Å²) in [6, 6.07) is 2.98. The number of halogens is 1. The molecule has 0 aliphatic heterocycles. The summed E-state index contributed by atoms with van der Waals surface area (Å²) in [4.78, 5) is 0.0573. The Kier molecular flexibility index (Phi) is 4.79. The van der Waals surface area contributed by atoms with Crippen LogP contribution >= 0.6 is 15.9 Å². The third kappa shape index (κ3) is 3.11. The first-order valence-electron chi connectivity index (χ1n) is 4.87. The summed E-state index contributed by atoms with van der Waals surface area (Å²) in [5.74, 6) is 0.695. The Balaban J connectivity index is 3.40. The van der Waals surface area contributed by atoms with Gasteiger partial charge in [-0.25, -0.2) is 13.1 Å². The molecule has 5 nitrogen and oxygen atoms in total. The van der Waals surface area contributed by atoms with Gasteiger partial charge in [-0.2, -0.15) is 0 Å². The van der Waals surface area contributed by atoms with E-state index in [0.717, 1.165) is 0 Å². The van der Waals surface area contributed by atoms with Gasteiger partial charge in [0.15, 0.2) is 0 Å². The molecular formula is C10H14BrNO4S. The van der Waals surface area contributed by atoms with Crippen molar-refractivity contribution in [3.63, 3.8) is 0 Å². The number of hydrogen-bond acceptors (Lipinski definition) is 4. The first-order chi connectivity index (χ1) is 7.96. The van der Waals surface area contributed by atoms with Crippen molar-refractivity contribution >= 4 is 26.0 Å². The van der Waals surface area contributed by atoms with Crippen molar-refractivity contribution in [2.24, 2.45) is 0 Å². The second-order valence-corrected chi connectivity index (χ2v) is 5.73. The minimum absolute atomic E-state index is 0.0573. The maximum atomic E-state index is 11.9. The van der Waals surface area contributed by atoms with E-state index in [0.29, 0.717) is 16.8 Å². The van der Waals surface area contributed by atoms with Gasteiger partial charge in [0, 0.05) is 12.6 Å². The zero-order valence-corrected chi connectivity index (χ0v) is 12.2. The highest BCUT2D eigenvalue weighted by atomic mass is 79.9. The molecule has 96 valence electrons. The number of ether oxygens (including phenoxy) is 2. The molecule has 1 rings (SSSR count). The minimum Gasteiger partial charge on any atom is -0.496 e. The molecule has 0 unspecified atom stereocenters. The summed E-state index contributed by atoms with van der Waals surface area (Å²) in [5.41, 5.74) is 0. The molecule has 0 aromatic heterocycles. The highest BCUT2D eigenvalue weighted by Gasteiger charge is 2.21. The molecule has 17 heavy (non-hydrogen) atoms. The van der Waals surface area contributed by atoms with E-state index in [1.54, 1.807) is 13.0 Å². The molecule has 0 radical (unpaired) electrons. The SMILES string of the molecule is CCNS(=O)(=O)c1cc(OC)c(Br)cc1OC. The van der Waals surface area contributed by atoms with Gasteiger partial charge in [0.25, 0.3) is 0 Å². The lowest BCUT2D eigenvalue weighted by atomic mass is 10.3. The first-order valence-corrected chi connectivity index (χ1v) is 7.15. The highest BCUT2D eigenvalue weighted by molar-refractivity contribution is 9.10. The smallest absolute Gasteiger partial charge is 0.244 e. The van der Waals surface area contributed by atoms with Gasteiger partial charge in [0.1, 0.15) is 16.4 Å². The quantitative estimate of drug-likeness (QED) is 0.896. The lowest BCUT2D eigenvalue weighted by molar-refractivity contribution is 0.390. The van der Waals surface area contributed by atoms with Gasteiger partial charge in [0.2, 0.25) is 10.0 Å². The molecule has 7 heteroatoms. The molecule has 0 bridgehead atoms. The molecule has 0 aliphatic carbocycles. The Morgan fingerprint density at radius 1 is 1.24 bits per heavy atom. The molecule has 1 aromatic carbocycles. The predicted molar refractivity (Wildman–Crippen MR) is 68.1 cm³/mol. The molecule has 0 atom stereocenters. The van der Waals surface area contributed by atoms with Gasteiger partial charge in [-0.1, -0.05) is 6.92 Å². The number of rotatable bonds is 5. The second kappa shape index (κ2) is 5.70. The van der Waals surface area contributed by atoms with Crippen LogP contribution in [0.2, 0.25) is 0 Å². The fourth-order valence-corrected chi connectivity index (χ4v) is 3.00. The van der Waals surface area contributed by atoms with Gasteiger partial charge in [-0.15, -0.1) is 0 Å². The van der Waals surface area contributed by atoms with Crippen molar-refractivity contribution in [1.29, 1.82) is 0 Å². The third-order valence-corrected chi connectivity index (χ3v) is 4.25. The van der Waals surface area contributed by atoms with E-state index < -0.39 is 10.0 Å². The Morgan fingerprint density at radius 3 is 2.29 bits per heavy atom. The fourth-order valence-electron chi connectivity index (χ4n) is 1.31. The maximum absolute atomic E-state index is 11.9. The van der Waals surface area contributed by atoms with E-state index in [1.165, 1.54) is 20.3 Å². The van der Waals surface area contributed by atoms with Crippen LogP contribution in [0.1, 0.15) is 6.92 Å². The van der Waals surface area contributed by atoms with E-state index in [2.05, 4.69) is 20.7 Å². The van der Waals surface area contributed by atoms with Gasteiger partial charge in [-0.3, -0.25) is 0 Å². The van der Waals surface area contributed by atoms with Crippen LogP contribution in [0.5, 0.6) is 11.5 Å². The van der Waals surface area contributed by atoms with Crippen molar-refractivity contribution in [2.75, 3.05) is 20.8 Å². The second-order valence-electron chi connectivity index (χ2n) is 3.14. The molecule has 0 spiro atoms. The zero-order valence-electron chi connectivity index (χ0n) is 9.78. The molecule has 0 aliphatic rings. The van der Waals surface area contributed by atoms with Crippen LogP contribution in [0.15, 0.2) is 21.5 Å². The monoisotopic (exact) mass is 323 g/mol. The number of nitrogens with one attached hydrogen (secondary N) is 1. The average molecular weight is 324 g/mol. The molecule has 0 fully saturated rings. The lowest BCUT2D eigenvalue weighted by Gasteiger charge is -2.12. The summed E-state index contributed by atoms with van der Waals surface area (Å²) in [6.45, 7) is 2.02. The summed E-state index contributed by atoms with van der Waals surface area (Å²) >= 11 is 3.27. The van der Waals surface area contributed by atoms with Gasteiger partial charge in [-0.05, 0) is 22.0 Å². The van der Waals surface area contributed by atoms with E-state index in [-0.39, 0.29) is 10.6 Å². The molecule has 0 heterocycles. The molecule has 0 saturated heterocycles. The van der Waals surface area contributed by atoms with Crippen molar-refractivity contribution in [3.05, 3.63) is 16.6 Å². The molecular weight excluding hydrogens is 310 g/mol. The molecule has 0 saturated carbocycles. The standard InChI is InChI=1S/C10H14BrNO4S/c1-4-12-17(13,14)10-6-8(15-2)7(11)5-9(10)16-3/h5-6,12H,4H2,1-3H3. The normalized spacial score (nSPS) is 11.3. The van der Waals surface area contributed by atoms with Gasteiger partial charge >= 0.3 is 0 Å². The Hall–Kier alpha value is -0.790. The molecule has 1 aromatic rings. The highest BCUT2D eigenvalue weighted by Crippen LogP contribution is 2.35. The number of hydrogen-bond donors (Lipinski definition) is 1. The van der Waals surface area contributed by atoms with Crippen LogP contribution in [0.3, 0.4) is 0 Å². The van der Waals surface area contributed by atoms with Crippen LogP contribution < -0.4 is 14.2 Å². The van der Waals surface area contributed by atoms with Gasteiger partial charge < -0.3 is 9.47 Å². The van der Waals surface area contributed by atoms with Crippen molar-refractivity contribution in [1.82, 2.24) is 4.72 Å². The number of sulfonamides is 1.